The van der Waals surface area contributed by atoms with Gasteiger partial charge in [-0.2, -0.15) is 0 Å². The maximum atomic E-state index is 14.1. The predicted octanol–water partition coefficient (Wildman–Crippen LogP) is 2.32. The molecule has 48 heavy (non-hydrogen) atoms. The lowest BCUT2D eigenvalue weighted by Gasteiger charge is -2.58. The van der Waals surface area contributed by atoms with Gasteiger partial charge in [0.2, 0.25) is 0 Å². The minimum Gasteiger partial charge on any atom is -0.459 e. The van der Waals surface area contributed by atoms with Crippen LogP contribution in [-0.4, -0.2) is 88.1 Å². The van der Waals surface area contributed by atoms with Crippen LogP contribution >= 0.6 is 0 Å². The number of hydrogen-bond donors (Lipinski definition) is 2. The Balaban J connectivity index is 1.86. The van der Waals surface area contributed by atoms with E-state index in [1.165, 1.54) is 12.1 Å². The molecule has 2 bridgehead atoms. The molecule has 4 fully saturated rings. The number of aliphatic hydroxyl groups excluding tert-OH is 1. The van der Waals surface area contributed by atoms with Crippen molar-refractivity contribution in [1.82, 2.24) is 0 Å². The molecule has 1 aromatic carbocycles. The predicted molar refractivity (Wildman–Crippen MR) is 164 cm³/mol. The van der Waals surface area contributed by atoms with Gasteiger partial charge in [-0.25, -0.2) is 9.59 Å². The second kappa shape index (κ2) is 12.2. The lowest BCUT2D eigenvalue weighted by Crippen LogP contribution is -2.70. The van der Waals surface area contributed by atoms with Crippen LogP contribution in [0.15, 0.2) is 30.3 Å². The average Bonchev–Trinajstić information content (AvgIpc) is 3.38. The van der Waals surface area contributed by atoms with Crippen molar-refractivity contribution in [3.05, 3.63) is 35.9 Å². The summed E-state index contributed by atoms with van der Waals surface area (Å²) >= 11 is 0. The fraction of sp³-hybridized carbons (Fsp3) is 0.657. The molecule has 0 spiro atoms. The minimum atomic E-state index is -2.18. The molecule has 4 saturated carbocycles. The molecule has 0 aliphatic heterocycles. The number of ether oxygens (including phenoxy) is 5. The molecule has 1 aromatic rings. The lowest BCUT2D eigenvalue weighted by atomic mass is 9.53. The Morgan fingerprint density at radius 1 is 0.833 bits per heavy atom. The van der Waals surface area contributed by atoms with Gasteiger partial charge < -0.3 is 33.9 Å². The number of aliphatic hydroxyl groups is 2. The second-order valence-corrected chi connectivity index (χ2v) is 14.8. The minimum absolute atomic E-state index is 0.164. The zero-order valence-electron chi connectivity index (χ0n) is 28.2. The number of hydrogen-bond acceptors (Lipinski definition) is 13. The highest BCUT2D eigenvalue weighted by molar-refractivity contribution is 5.90. The summed E-state index contributed by atoms with van der Waals surface area (Å²) in [5.74, 6) is -8.37. The molecule has 262 valence electrons. The molecule has 2 N–H and O–H groups in total. The number of carbonyl (C=O) groups excluding carboxylic acids is 6. The van der Waals surface area contributed by atoms with Crippen LogP contribution in [0.3, 0.4) is 0 Å². The average molecular weight is 673 g/mol. The molecule has 0 heterocycles. The molecule has 0 radical (unpaired) electrons. The van der Waals surface area contributed by atoms with E-state index < -0.39 is 107 Å². The first-order valence-electron chi connectivity index (χ1n) is 16.2. The Morgan fingerprint density at radius 3 is 2.00 bits per heavy atom. The normalized spacial score (nSPS) is 39.2. The van der Waals surface area contributed by atoms with Gasteiger partial charge in [0.05, 0.1) is 16.9 Å². The fourth-order valence-electron chi connectivity index (χ4n) is 9.62. The number of fused-ring (bicyclic) bond motifs is 5. The molecule has 4 aliphatic carbocycles. The Kier molecular flexibility index (Phi) is 9.05. The first kappa shape index (κ1) is 35.5. The van der Waals surface area contributed by atoms with E-state index in [0.29, 0.717) is 0 Å². The number of ketones is 1. The van der Waals surface area contributed by atoms with Gasteiger partial charge >= 0.3 is 29.8 Å². The zero-order valence-corrected chi connectivity index (χ0v) is 28.2. The number of benzene rings is 1. The summed E-state index contributed by atoms with van der Waals surface area (Å²) in [7, 11) is 0. The molecule has 3 unspecified atom stereocenters. The standard InChI is InChI=1S/C35H44O13/c1-17-13-34(43)25(26(17)47-29(42)21-11-9-8-10-12-21)28(46-24(40)16-36)35(48-20(4)39)14-22-23(15-32(5,6)27(22)41)33(7,30(34)44-18(2)37)31(35)45-19(3)38/h8-12,17,22-23,25-26,28,30-31,36,43H,13-16H2,1-7H3/t17-,22+,23-,25+,26-,28+,30+,31?,33?,34+,35?/m0/s1. The Hall–Kier alpha value is -3.84. The van der Waals surface area contributed by atoms with Gasteiger partial charge in [-0.15, -0.1) is 0 Å². The van der Waals surface area contributed by atoms with Gasteiger partial charge in [0, 0.05) is 38.5 Å². The zero-order chi connectivity index (χ0) is 35.6. The topological polar surface area (TPSA) is 189 Å². The van der Waals surface area contributed by atoms with Crippen molar-refractivity contribution in [3.8, 4) is 0 Å². The van der Waals surface area contributed by atoms with Gasteiger partial charge in [0.15, 0.2) is 17.8 Å². The fourth-order valence-corrected chi connectivity index (χ4v) is 9.62. The Labute approximate surface area is 278 Å². The number of rotatable bonds is 7. The lowest BCUT2D eigenvalue weighted by molar-refractivity contribution is -0.269. The molecule has 0 amide bonds. The van der Waals surface area contributed by atoms with E-state index in [1.807, 2.05) is 0 Å². The molecule has 5 rings (SSSR count). The summed E-state index contributed by atoms with van der Waals surface area (Å²) in [6.45, 7) is 9.09. The summed E-state index contributed by atoms with van der Waals surface area (Å²) in [4.78, 5) is 79.8. The molecular formula is C35H44O13. The van der Waals surface area contributed by atoms with Crippen LogP contribution in [-0.2, 0) is 47.7 Å². The van der Waals surface area contributed by atoms with Crippen LogP contribution in [0.2, 0.25) is 0 Å². The van der Waals surface area contributed by atoms with E-state index in [1.54, 1.807) is 45.9 Å². The molecule has 0 saturated heterocycles. The van der Waals surface area contributed by atoms with Gasteiger partial charge in [-0.3, -0.25) is 19.2 Å². The second-order valence-electron chi connectivity index (χ2n) is 14.8. The van der Waals surface area contributed by atoms with Crippen LogP contribution in [0.1, 0.15) is 78.1 Å². The Morgan fingerprint density at radius 2 is 1.44 bits per heavy atom. The van der Waals surface area contributed by atoms with Crippen molar-refractivity contribution < 1.29 is 62.7 Å². The van der Waals surface area contributed by atoms with E-state index in [2.05, 4.69) is 0 Å². The van der Waals surface area contributed by atoms with Crippen molar-refractivity contribution in [2.45, 2.75) is 103 Å². The van der Waals surface area contributed by atoms with E-state index in [0.717, 1.165) is 20.8 Å². The quantitative estimate of drug-likeness (QED) is 0.318. The molecular weight excluding hydrogens is 628 g/mol. The first-order chi connectivity index (χ1) is 22.3. The van der Waals surface area contributed by atoms with Crippen LogP contribution in [0.25, 0.3) is 0 Å². The van der Waals surface area contributed by atoms with Crippen LogP contribution in [0.4, 0.5) is 0 Å². The summed E-state index contributed by atoms with van der Waals surface area (Å²) in [5.41, 5.74) is -6.71. The number of carbonyl (C=O) groups is 6. The van der Waals surface area contributed by atoms with E-state index in [-0.39, 0.29) is 30.6 Å². The van der Waals surface area contributed by atoms with E-state index in [9.17, 15) is 39.0 Å². The third-order valence-corrected chi connectivity index (χ3v) is 11.1. The number of Topliss-reactive ketones (excluding diaryl/α,β-unsaturated/α-hetero) is 1. The SMILES string of the molecule is CC(=O)OC1C2(OC(C)=O)C[C@H]3C(=O)C(C)(C)C[C@@H]3C1(C)[C@@H](OC(C)=O)[C@@]1(O)C[C@H](C)[C@H](OC(=O)c3ccccc3)[C@@H]1[C@H]2OC(=O)CO. The van der Waals surface area contributed by atoms with Gasteiger partial charge in [-0.05, 0) is 36.8 Å². The van der Waals surface area contributed by atoms with Crippen molar-refractivity contribution in [3.63, 3.8) is 0 Å². The van der Waals surface area contributed by atoms with Gasteiger partial charge in [0.1, 0.15) is 30.2 Å². The van der Waals surface area contributed by atoms with E-state index in [4.69, 9.17) is 23.7 Å². The molecule has 11 atom stereocenters. The van der Waals surface area contributed by atoms with Crippen molar-refractivity contribution in [2.24, 2.45) is 34.5 Å². The highest BCUT2D eigenvalue weighted by Gasteiger charge is 2.82. The van der Waals surface area contributed by atoms with Crippen molar-refractivity contribution in [1.29, 1.82) is 0 Å². The molecule has 4 aliphatic rings. The van der Waals surface area contributed by atoms with Crippen LogP contribution < -0.4 is 0 Å². The van der Waals surface area contributed by atoms with Gasteiger partial charge in [-0.1, -0.05) is 45.9 Å². The maximum Gasteiger partial charge on any atom is 0.338 e. The van der Waals surface area contributed by atoms with Crippen LogP contribution in [0, 0.1) is 34.5 Å². The smallest absolute Gasteiger partial charge is 0.338 e. The van der Waals surface area contributed by atoms with Crippen molar-refractivity contribution >= 4 is 35.6 Å². The molecule has 13 nitrogen and oxygen atoms in total. The molecule has 0 aromatic heterocycles. The highest BCUT2D eigenvalue weighted by Crippen LogP contribution is 2.69. The van der Waals surface area contributed by atoms with Crippen molar-refractivity contribution in [2.75, 3.05) is 6.61 Å². The van der Waals surface area contributed by atoms with Crippen LogP contribution in [0.5, 0.6) is 0 Å². The monoisotopic (exact) mass is 672 g/mol. The Bertz CT molecular complexity index is 1500. The van der Waals surface area contributed by atoms with Gasteiger partial charge in [0.25, 0.3) is 0 Å². The maximum absolute atomic E-state index is 14.1. The summed E-state index contributed by atoms with van der Waals surface area (Å²) in [6, 6.07) is 8.06. The van der Waals surface area contributed by atoms with E-state index >= 15 is 0 Å². The summed E-state index contributed by atoms with van der Waals surface area (Å²) < 4.78 is 30.3. The first-order valence-corrected chi connectivity index (χ1v) is 16.2. The molecule has 13 heteroatoms. The summed E-state index contributed by atoms with van der Waals surface area (Å²) in [6.07, 6.45) is -6.36. The summed E-state index contributed by atoms with van der Waals surface area (Å²) in [5, 5.41) is 23.0. The highest BCUT2D eigenvalue weighted by atomic mass is 16.6. The third-order valence-electron chi connectivity index (χ3n) is 11.1. The number of esters is 5. The third kappa shape index (κ3) is 5.48. The largest absolute Gasteiger partial charge is 0.459 e.